The van der Waals surface area contributed by atoms with Gasteiger partial charge in [0, 0.05) is 23.0 Å². The molecule has 0 aliphatic carbocycles. The second-order valence-electron chi connectivity index (χ2n) is 9.41. The first-order chi connectivity index (χ1) is 16.8. The van der Waals surface area contributed by atoms with Crippen LogP contribution in [0.3, 0.4) is 0 Å². The van der Waals surface area contributed by atoms with E-state index < -0.39 is 11.5 Å². The summed E-state index contributed by atoms with van der Waals surface area (Å²) >= 11 is 0. The minimum Gasteiger partial charge on any atom is -0.508 e. The Morgan fingerprint density at radius 2 is 1.80 bits per heavy atom. The van der Waals surface area contributed by atoms with Crippen molar-refractivity contribution in [2.24, 2.45) is 5.92 Å². The number of amides is 2. The van der Waals surface area contributed by atoms with E-state index in [-0.39, 0.29) is 23.6 Å². The van der Waals surface area contributed by atoms with Crippen LogP contribution in [0.4, 0.5) is 11.4 Å². The van der Waals surface area contributed by atoms with E-state index in [2.05, 4.69) is 16.0 Å². The van der Waals surface area contributed by atoms with E-state index in [0.29, 0.717) is 24.3 Å². The molecule has 2 aliphatic rings. The molecule has 3 atom stereocenters. The zero-order valence-corrected chi connectivity index (χ0v) is 20.0. The fraction of sp³-hybridized carbons (Fsp3) is 0.286. The Labute approximate surface area is 204 Å². The molecule has 0 aromatic heterocycles. The van der Waals surface area contributed by atoms with Gasteiger partial charge in [-0.15, -0.1) is 0 Å². The molecule has 1 fully saturated rings. The molecule has 7 heteroatoms. The van der Waals surface area contributed by atoms with Gasteiger partial charge in [-0.2, -0.15) is 0 Å². The highest BCUT2D eigenvalue weighted by atomic mass is 16.5. The topological polar surface area (TPSA) is 99.7 Å². The van der Waals surface area contributed by atoms with Gasteiger partial charge in [0.2, 0.25) is 11.8 Å². The zero-order chi connectivity index (χ0) is 24.7. The SMILES string of the molecule is COc1ccc(NC(=O)C2CC(Cc3ccc(O)cc3)NC23C(=O)Nc2c3ccc(C)c2C)cc1. The lowest BCUT2D eigenvalue weighted by molar-refractivity contribution is -0.130. The van der Waals surface area contributed by atoms with Crippen LogP contribution >= 0.6 is 0 Å². The molecule has 3 aromatic carbocycles. The summed E-state index contributed by atoms with van der Waals surface area (Å²) in [5.41, 5.74) is 4.19. The number of phenolic OH excluding ortho intramolecular Hbond substituents is 1. The average molecular weight is 472 g/mol. The first kappa shape index (κ1) is 22.9. The number of fused-ring (bicyclic) bond motifs is 2. The van der Waals surface area contributed by atoms with Crippen LogP contribution in [0.2, 0.25) is 0 Å². The van der Waals surface area contributed by atoms with Gasteiger partial charge in [0.05, 0.1) is 13.0 Å². The van der Waals surface area contributed by atoms with Gasteiger partial charge in [0.15, 0.2) is 0 Å². The van der Waals surface area contributed by atoms with E-state index in [1.807, 2.05) is 38.1 Å². The molecule has 1 saturated heterocycles. The molecule has 1 spiro atoms. The molecule has 4 N–H and O–H groups in total. The maximum Gasteiger partial charge on any atom is 0.250 e. The highest BCUT2D eigenvalue weighted by Gasteiger charge is 2.60. The van der Waals surface area contributed by atoms with Gasteiger partial charge in [0.25, 0.3) is 0 Å². The predicted molar refractivity (Wildman–Crippen MR) is 135 cm³/mol. The van der Waals surface area contributed by atoms with Crippen LogP contribution < -0.4 is 20.7 Å². The quantitative estimate of drug-likeness (QED) is 0.450. The molecule has 3 unspecified atom stereocenters. The Kier molecular flexibility index (Phi) is 5.73. The number of anilines is 2. The number of carbonyl (C=O) groups is 2. The van der Waals surface area contributed by atoms with E-state index in [1.54, 1.807) is 43.5 Å². The number of phenols is 1. The summed E-state index contributed by atoms with van der Waals surface area (Å²) in [7, 11) is 1.59. The summed E-state index contributed by atoms with van der Waals surface area (Å²) in [6, 6.07) is 18.0. The number of aromatic hydroxyl groups is 1. The molecule has 35 heavy (non-hydrogen) atoms. The Morgan fingerprint density at radius 3 is 2.49 bits per heavy atom. The van der Waals surface area contributed by atoms with Crippen molar-refractivity contribution in [2.75, 3.05) is 17.7 Å². The number of hydrogen-bond acceptors (Lipinski definition) is 5. The first-order valence-electron chi connectivity index (χ1n) is 11.7. The second-order valence-corrected chi connectivity index (χ2v) is 9.41. The number of nitrogens with one attached hydrogen (secondary N) is 3. The van der Waals surface area contributed by atoms with E-state index in [9.17, 15) is 14.7 Å². The van der Waals surface area contributed by atoms with Crippen LogP contribution in [-0.4, -0.2) is 30.1 Å². The molecule has 0 bridgehead atoms. The summed E-state index contributed by atoms with van der Waals surface area (Å²) in [4.78, 5) is 27.3. The van der Waals surface area contributed by atoms with Crippen LogP contribution in [0.1, 0.15) is 28.7 Å². The van der Waals surface area contributed by atoms with Gasteiger partial charge in [0.1, 0.15) is 17.0 Å². The van der Waals surface area contributed by atoms with Gasteiger partial charge < -0.3 is 20.5 Å². The maximum absolute atomic E-state index is 13.7. The fourth-order valence-corrected chi connectivity index (χ4v) is 5.33. The summed E-state index contributed by atoms with van der Waals surface area (Å²) < 4.78 is 5.21. The van der Waals surface area contributed by atoms with Gasteiger partial charge in [-0.05, 0) is 79.8 Å². The van der Waals surface area contributed by atoms with E-state index in [1.165, 1.54) is 0 Å². The predicted octanol–water partition coefficient (Wildman–Crippen LogP) is 4.02. The summed E-state index contributed by atoms with van der Waals surface area (Å²) in [5, 5.41) is 19.3. The maximum atomic E-state index is 13.7. The van der Waals surface area contributed by atoms with Crippen molar-refractivity contribution in [3.8, 4) is 11.5 Å². The van der Waals surface area contributed by atoms with Crippen LogP contribution in [0.15, 0.2) is 60.7 Å². The van der Waals surface area contributed by atoms with Crippen molar-refractivity contribution < 1.29 is 19.4 Å². The van der Waals surface area contributed by atoms with E-state index in [4.69, 9.17) is 4.74 Å². The first-order valence-corrected chi connectivity index (χ1v) is 11.7. The highest BCUT2D eigenvalue weighted by molar-refractivity contribution is 6.11. The van der Waals surface area contributed by atoms with Crippen molar-refractivity contribution in [3.63, 3.8) is 0 Å². The summed E-state index contributed by atoms with van der Waals surface area (Å²) in [6.45, 7) is 4.00. The average Bonchev–Trinajstić information content (AvgIpc) is 3.37. The molecule has 7 nitrogen and oxygen atoms in total. The second kappa shape index (κ2) is 8.74. The number of hydrogen-bond donors (Lipinski definition) is 4. The lowest BCUT2D eigenvalue weighted by Gasteiger charge is -2.29. The molecule has 180 valence electrons. The largest absolute Gasteiger partial charge is 0.508 e. The third kappa shape index (κ3) is 3.91. The standard InChI is InChI=1S/C28H29N3O4/c1-16-4-13-23-25(17(16)2)30-27(34)28(23)24(26(33)29-19-7-11-22(35-3)12-8-19)15-20(31-28)14-18-5-9-21(32)10-6-18/h4-13,20,24,31-32H,14-15H2,1-3H3,(H,29,33)(H,30,34). The fourth-order valence-electron chi connectivity index (χ4n) is 5.33. The number of benzene rings is 3. The Bertz CT molecular complexity index is 1290. The van der Waals surface area contributed by atoms with Crippen molar-refractivity contribution in [1.29, 1.82) is 0 Å². The minimum atomic E-state index is -1.16. The molecule has 2 aliphatic heterocycles. The van der Waals surface area contributed by atoms with Crippen molar-refractivity contribution >= 4 is 23.2 Å². The van der Waals surface area contributed by atoms with Crippen molar-refractivity contribution in [2.45, 2.75) is 38.3 Å². The molecule has 2 amide bonds. The third-order valence-electron chi connectivity index (χ3n) is 7.32. The molecule has 5 rings (SSSR count). The van der Waals surface area contributed by atoms with Crippen LogP contribution in [-0.2, 0) is 21.5 Å². The van der Waals surface area contributed by atoms with Gasteiger partial charge in [-0.3, -0.25) is 14.9 Å². The van der Waals surface area contributed by atoms with Crippen molar-refractivity contribution in [3.05, 3.63) is 82.9 Å². The van der Waals surface area contributed by atoms with Gasteiger partial charge >= 0.3 is 0 Å². The lowest BCUT2D eigenvalue weighted by atomic mass is 9.78. The Balaban J connectivity index is 1.51. The number of methoxy groups -OCH3 is 1. The molecule has 0 radical (unpaired) electrons. The molecular formula is C28H29N3O4. The summed E-state index contributed by atoms with van der Waals surface area (Å²) in [6.07, 6.45) is 1.12. The monoisotopic (exact) mass is 471 g/mol. The van der Waals surface area contributed by atoms with Gasteiger partial charge in [-0.1, -0.05) is 24.3 Å². The van der Waals surface area contributed by atoms with E-state index in [0.717, 1.165) is 27.9 Å². The number of rotatable bonds is 5. The van der Waals surface area contributed by atoms with Crippen molar-refractivity contribution in [1.82, 2.24) is 5.32 Å². The Hall–Kier alpha value is -3.84. The normalized spacial score (nSPS) is 22.7. The van der Waals surface area contributed by atoms with Crippen LogP contribution in [0.25, 0.3) is 0 Å². The number of carbonyl (C=O) groups excluding carboxylic acids is 2. The van der Waals surface area contributed by atoms with Crippen LogP contribution in [0, 0.1) is 19.8 Å². The highest BCUT2D eigenvalue weighted by Crippen LogP contribution is 2.49. The van der Waals surface area contributed by atoms with Crippen LogP contribution in [0.5, 0.6) is 11.5 Å². The van der Waals surface area contributed by atoms with Gasteiger partial charge in [-0.25, -0.2) is 0 Å². The molecule has 2 heterocycles. The lowest BCUT2D eigenvalue weighted by Crippen LogP contribution is -2.52. The molecule has 0 saturated carbocycles. The minimum absolute atomic E-state index is 0.107. The number of ether oxygens (including phenoxy) is 1. The molecular weight excluding hydrogens is 442 g/mol. The third-order valence-corrected chi connectivity index (χ3v) is 7.32. The zero-order valence-electron chi connectivity index (χ0n) is 20.0. The molecule has 3 aromatic rings. The smallest absolute Gasteiger partial charge is 0.250 e. The number of aryl methyl sites for hydroxylation is 1. The van der Waals surface area contributed by atoms with E-state index >= 15 is 0 Å². The Morgan fingerprint density at radius 1 is 1.09 bits per heavy atom. The summed E-state index contributed by atoms with van der Waals surface area (Å²) in [5.74, 6) is -0.126.